The van der Waals surface area contributed by atoms with Gasteiger partial charge in [0.15, 0.2) is 5.78 Å². The minimum absolute atomic E-state index is 0.00236. The van der Waals surface area contributed by atoms with Crippen molar-refractivity contribution >= 4 is 40.5 Å². The van der Waals surface area contributed by atoms with Gasteiger partial charge >= 0.3 is 0 Å². The highest BCUT2D eigenvalue weighted by molar-refractivity contribution is 6.32. The highest BCUT2D eigenvalue weighted by Crippen LogP contribution is 2.29. The number of ketones is 1. The Bertz CT molecular complexity index is 991. The van der Waals surface area contributed by atoms with Crippen LogP contribution in [0.4, 0.5) is 23.1 Å². The van der Waals surface area contributed by atoms with E-state index in [0.717, 1.165) is 17.1 Å². The molecule has 0 spiro atoms. The first-order chi connectivity index (χ1) is 12.9. The molecule has 0 aliphatic rings. The lowest BCUT2D eigenvalue weighted by Gasteiger charge is -2.11. The number of halogens is 1. The van der Waals surface area contributed by atoms with Crippen molar-refractivity contribution in [3.63, 3.8) is 0 Å². The summed E-state index contributed by atoms with van der Waals surface area (Å²) in [5.41, 5.74) is 2.94. The van der Waals surface area contributed by atoms with Crippen molar-refractivity contribution < 1.29 is 9.53 Å². The zero-order chi connectivity index (χ0) is 19.4. The Morgan fingerprint density at radius 2 is 1.81 bits per heavy atom. The maximum absolute atomic E-state index is 11.5. The Kier molecular flexibility index (Phi) is 5.57. The summed E-state index contributed by atoms with van der Waals surface area (Å²) in [6, 6.07) is 14.4. The standard InChI is InChI=1S/C20H19ClN4O2/c1-12-9-19(23-16-7-8-18(27-3)17(21)11-16)25-20(22-12)24-15-6-4-5-14(10-15)13(2)26/h4-11H,1-3H3,(H2,22,23,24,25). The molecule has 0 saturated heterocycles. The molecule has 3 aromatic rings. The number of ether oxygens (including phenoxy) is 1. The van der Waals surface area contributed by atoms with Crippen LogP contribution in [0.2, 0.25) is 5.02 Å². The highest BCUT2D eigenvalue weighted by atomic mass is 35.5. The molecule has 0 unspecified atom stereocenters. The second-order valence-corrected chi connectivity index (χ2v) is 6.36. The lowest BCUT2D eigenvalue weighted by atomic mass is 10.1. The number of carbonyl (C=O) groups is 1. The molecule has 0 atom stereocenters. The van der Waals surface area contributed by atoms with Gasteiger partial charge in [-0.3, -0.25) is 4.79 Å². The molecule has 138 valence electrons. The van der Waals surface area contributed by atoms with Crippen molar-refractivity contribution in [2.24, 2.45) is 0 Å². The minimum Gasteiger partial charge on any atom is -0.495 e. The second-order valence-electron chi connectivity index (χ2n) is 5.95. The molecule has 3 rings (SSSR count). The van der Waals surface area contributed by atoms with E-state index in [0.29, 0.717) is 28.1 Å². The van der Waals surface area contributed by atoms with E-state index in [1.807, 2.05) is 31.2 Å². The molecule has 0 aliphatic heterocycles. The average molecular weight is 383 g/mol. The Hall–Kier alpha value is -3.12. The van der Waals surface area contributed by atoms with E-state index in [1.165, 1.54) is 6.92 Å². The van der Waals surface area contributed by atoms with E-state index in [9.17, 15) is 4.79 Å². The summed E-state index contributed by atoms with van der Waals surface area (Å²) >= 11 is 6.17. The normalized spacial score (nSPS) is 10.4. The smallest absolute Gasteiger partial charge is 0.229 e. The number of methoxy groups -OCH3 is 1. The van der Waals surface area contributed by atoms with Gasteiger partial charge in [0.05, 0.1) is 12.1 Å². The number of hydrogen-bond donors (Lipinski definition) is 2. The van der Waals surface area contributed by atoms with Gasteiger partial charge in [0, 0.05) is 28.7 Å². The van der Waals surface area contributed by atoms with E-state index in [4.69, 9.17) is 16.3 Å². The highest BCUT2D eigenvalue weighted by Gasteiger charge is 2.07. The van der Waals surface area contributed by atoms with Crippen molar-refractivity contribution in [2.75, 3.05) is 17.7 Å². The first-order valence-electron chi connectivity index (χ1n) is 8.29. The topological polar surface area (TPSA) is 76.1 Å². The number of hydrogen-bond acceptors (Lipinski definition) is 6. The fraction of sp³-hybridized carbons (Fsp3) is 0.150. The minimum atomic E-state index is 0.00236. The van der Waals surface area contributed by atoms with Crippen LogP contribution >= 0.6 is 11.6 Å². The van der Waals surface area contributed by atoms with E-state index < -0.39 is 0 Å². The summed E-state index contributed by atoms with van der Waals surface area (Å²) in [4.78, 5) is 20.4. The molecule has 7 heteroatoms. The van der Waals surface area contributed by atoms with Crippen LogP contribution in [-0.4, -0.2) is 22.9 Å². The second kappa shape index (κ2) is 8.05. The van der Waals surface area contributed by atoms with Gasteiger partial charge in [0.1, 0.15) is 11.6 Å². The predicted molar refractivity (Wildman–Crippen MR) is 108 cm³/mol. The summed E-state index contributed by atoms with van der Waals surface area (Å²) < 4.78 is 5.16. The largest absolute Gasteiger partial charge is 0.495 e. The molecule has 0 bridgehead atoms. The number of Topliss-reactive ketones (excluding diaryl/α,β-unsaturated/α-hetero) is 1. The number of benzene rings is 2. The van der Waals surface area contributed by atoms with Crippen molar-refractivity contribution in [3.05, 3.63) is 64.8 Å². The molecule has 1 aromatic heterocycles. The third kappa shape index (κ3) is 4.74. The number of aryl methyl sites for hydroxylation is 1. The van der Waals surface area contributed by atoms with Gasteiger partial charge in [-0.1, -0.05) is 23.7 Å². The average Bonchev–Trinajstić information content (AvgIpc) is 2.61. The summed E-state index contributed by atoms with van der Waals surface area (Å²) in [6.07, 6.45) is 0. The number of nitrogens with one attached hydrogen (secondary N) is 2. The van der Waals surface area contributed by atoms with Gasteiger partial charge in [-0.15, -0.1) is 0 Å². The van der Waals surface area contributed by atoms with Gasteiger partial charge in [0.25, 0.3) is 0 Å². The van der Waals surface area contributed by atoms with Gasteiger partial charge in [-0.05, 0) is 44.2 Å². The van der Waals surface area contributed by atoms with Crippen LogP contribution in [0.5, 0.6) is 5.75 Å². The molecule has 6 nitrogen and oxygen atoms in total. The first kappa shape index (κ1) is 18.7. The third-order valence-corrected chi connectivity index (χ3v) is 4.10. The lowest BCUT2D eigenvalue weighted by molar-refractivity contribution is 0.101. The van der Waals surface area contributed by atoms with Gasteiger partial charge in [0.2, 0.25) is 5.95 Å². The lowest BCUT2D eigenvalue weighted by Crippen LogP contribution is -2.03. The van der Waals surface area contributed by atoms with E-state index in [-0.39, 0.29) is 5.78 Å². The number of nitrogens with zero attached hydrogens (tertiary/aromatic N) is 2. The molecule has 0 radical (unpaired) electrons. The number of aromatic nitrogens is 2. The Morgan fingerprint density at radius 3 is 2.52 bits per heavy atom. The summed E-state index contributed by atoms with van der Waals surface area (Å²) in [5, 5.41) is 6.85. The van der Waals surface area contributed by atoms with Crippen molar-refractivity contribution in [1.82, 2.24) is 9.97 Å². The van der Waals surface area contributed by atoms with Crippen LogP contribution in [0.1, 0.15) is 23.0 Å². The molecule has 2 aromatic carbocycles. The Labute approximate surface area is 162 Å². The fourth-order valence-electron chi connectivity index (χ4n) is 2.53. The van der Waals surface area contributed by atoms with Gasteiger partial charge in [-0.25, -0.2) is 4.98 Å². The fourth-order valence-corrected chi connectivity index (χ4v) is 2.78. The molecular weight excluding hydrogens is 364 g/mol. The van der Waals surface area contributed by atoms with Gasteiger partial charge < -0.3 is 15.4 Å². The molecule has 1 heterocycles. The maximum Gasteiger partial charge on any atom is 0.229 e. The van der Waals surface area contributed by atoms with Crippen LogP contribution in [0.25, 0.3) is 0 Å². The number of rotatable bonds is 6. The zero-order valence-corrected chi connectivity index (χ0v) is 16.0. The van der Waals surface area contributed by atoms with E-state index in [1.54, 1.807) is 31.4 Å². The van der Waals surface area contributed by atoms with E-state index in [2.05, 4.69) is 20.6 Å². The van der Waals surface area contributed by atoms with Crippen LogP contribution < -0.4 is 15.4 Å². The molecule has 0 amide bonds. The quantitative estimate of drug-likeness (QED) is 0.575. The van der Waals surface area contributed by atoms with Crippen LogP contribution in [0, 0.1) is 6.92 Å². The Balaban J connectivity index is 1.83. The number of anilines is 4. The summed E-state index contributed by atoms with van der Waals surface area (Å²) in [7, 11) is 1.57. The SMILES string of the molecule is COc1ccc(Nc2cc(C)nc(Nc3cccc(C(C)=O)c3)n2)cc1Cl. The van der Waals surface area contributed by atoms with Crippen LogP contribution in [0.15, 0.2) is 48.5 Å². The van der Waals surface area contributed by atoms with Crippen LogP contribution in [0.3, 0.4) is 0 Å². The first-order valence-corrected chi connectivity index (χ1v) is 8.66. The van der Waals surface area contributed by atoms with Crippen molar-refractivity contribution in [1.29, 1.82) is 0 Å². The maximum atomic E-state index is 11.5. The monoisotopic (exact) mass is 382 g/mol. The molecule has 2 N–H and O–H groups in total. The molecule has 0 aliphatic carbocycles. The summed E-state index contributed by atoms with van der Waals surface area (Å²) in [5.74, 6) is 1.66. The number of carbonyl (C=O) groups excluding carboxylic acids is 1. The third-order valence-electron chi connectivity index (χ3n) is 3.80. The van der Waals surface area contributed by atoms with Gasteiger partial charge in [-0.2, -0.15) is 4.98 Å². The molecule has 0 saturated carbocycles. The van der Waals surface area contributed by atoms with Crippen LogP contribution in [-0.2, 0) is 0 Å². The zero-order valence-electron chi connectivity index (χ0n) is 15.2. The Morgan fingerprint density at radius 1 is 1.04 bits per heavy atom. The molecular formula is C20H19ClN4O2. The van der Waals surface area contributed by atoms with E-state index >= 15 is 0 Å². The molecule has 27 heavy (non-hydrogen) atoms. The molecule has 0 fully saturated rings. The van der Waals surface area contributed by atoms with Crippen molar-refractivity contribution in [3.8, 4) is 5.75 Å². The van der Waals surface area contributed by atoms with Crippen molar-refractivity contribution in [2.45, 2.75) is 13.8 Å². The predicted octanol–water partition coefficient (Wildman–Crippen LogP) is 5.14. The summed E-state index contributed by atoms with van der Waals surface area (Å²) in [6.45, 7) is 3.41.